The van der Waals surface area contributed by atoms with Gasteiger partial charge in [0.1, 0.15) is 5.78 Å². The molecule has 1 aliphatic carbocycles. The summed E-state index contributed by atoms with van der Waals surface area (Å²) in [7, 11) is 0. The van der Waals surface area contributed by atoms with Gasteiger partial charge in [0.15, 0.2) is 5.78 Å². The zero-order valence-electron chi connectivity index (χ0n) is 11.9. The number of carbonyl (C=O) groups is 2. The molecule has 0 saturated heterocycles. The molecule has 0 heterocycles. The normalized spacial score (nSPS) is 18.5. The van der Waals surface area contributed by atoms with Gasteiger partial charge in [-0.2, -0.15) is 0 Å². The molecule has 0 spiro atoms. The third-order valence-electron chi connectivity index (χ3n) is 4.17. The van der Waals surface area contributed by atoms with Gasteiger partial charge in [0, 0.05) is 23.5 Å². The van der Waals surface area contributed by atoms with Gasteiger partial charge in [-0.15, -0.1) is 0 Å². The second-order valence-electron chi connectivity index (χ2n) is 5.58. The first-order valence-corrected chi connectivity index (χ1v) is 7.48. The first kappa shape index (κ1) is 13.7. The van der Waals surface area contributed by atoms with Crippen LogP contribution in [0.15, 0.2) is 54.6 Å². The fraction of sp³-hybridized carbons (Fsp3) is 0.263. The number of ketones is 2. The molecule has 0 radical (unpaired) electrons. The third-order valence-corrected chi connectivity index (χ3v) is 4.17. The quantitative estimate of drug-likeness (QED) is 0.791. The third kappa shape index (κ3) is 2.94. The van der Waals surface area contributed by atoms with Crippen LogP contribution in [0.5, 0.6) is 0 Å². The molecule has 0 unspecified atom stereocenters. The first-order chi connectivity index (χ1) is 10.3. The number of benzene rings is 2. The maximum absolute atomic E-state index is 12.3. The van der Waals surface area contributed by atoms with E-state index in [0.29, 0.717) is 23.3 Å². The van der Waals surface area contributed by atoms with Crippen LogP contribution in [0.3, 0.4) is 0 Å². The molecule has 106 valence electrons. The maximum atomic E-state index is 12.3. The smallest absolute Gasteiger partial charge is 0.193 e. The molecule has 0 N–H and O–H groups in total. The van der Waals surface area contributed by atoms with Crippen molar-refractivity contribution in [2.75, 3.05) is 0 Å². The van der Waals surface area contributed by atoms with Gasteiger partial charge < -0.3 is 0 Å². The summed E-state index contributed by atoms with van der Waals surface area (Å²) in [6.45, 7) is 0. The highest BCUT2D eigenvalue weighted by Gasteiger charge is 2.23. The summed E-state index contributed by atoms with van der Waals surface area (Å²) >= 11 is 0. The summed E-state index contributed by atoms with van der Waals surface area (Å²) in [6, 6.07) is 16.8. The second kappa shape index (κ2) is 6.04. The average molecular weight is 278 g/mol. The Morgan fingerprint density at radius 3 is 2.19 bits per heavy atom. The summed E-state index contributed by atoms with van der Waals surface area (Å²) in [4.78, 5) is 24.3. The molecule has 0 aliphatic heterocycles. The van der Waals surface area contributed by atoms with Crippen molar-refractivity contribution < 1.29 is 9.59 Å². The van der Waals surface area contributed by atoms with E-state index in [-0.39, 0.29) is 11.7 Å². The Morgan fingerprint density at radius 2 is 1.52 bits per heavy atom. The minimum Gasteiger partial charge on any atom is -0.299 e. The summed E-state index contributed by atoms with van der Waals surface area (Å²) in [5.41, 5.74) is 2.41. The van der Waals surface area contributed by atoms with Gasteiger partial charge in [0.05, 0.1) is 0 Å². The number of hydrogen-bond donors (Lipinski definition) is 0. The van der Waals surface area contributed by atoms with E-state index >= 15 is 0 Å². The van der Waals surface area contributed by atoms with Crippen molar-refractivity contribution in [1.82, 2.24) is 0 Å². The number of hydrogen-bond acceptors (Lipinski definition) is 2. The Kier molecular flexibility index (Phi) is 3.96. The van der Waals surface area contributed by atoms with E-state index < -0.39 is 0 Å². The average Bonchev–Trinajstić information content (AvgIpc) is 2.56. The van der Waals surface area contributed by atoms with Gasteiger partial charge >= 0.3 is 0 Å². The van der Waals surface area contributed by atoms with Crippen molar-refractivity contribution >= 4 is 11.6 Å². The molecule has 3 rings (SSSR count). The summed E-state index contributed by atoms with van der Waals surface area (Å²) < 4.78 is 0. The molecular weight excluding hydrogens is 260 g/mol. The monoisotopic (exact) mass is 278 g/mol. The fourth-order valence-corrected chi connectivity index (χ4v) is 2.96. The Bertz CT molecular complexity index is 641. The lowest BCUT2D eigenvalue weighted by atomic mass is 9.82. The van der Waals surface area contributed by atoms with Gasteiger partial charge in [-0.1, -0.05) is 61.0 Å². The molecular formula is C19H18O2. The Hall–Kier alpha value is -2.22. The standard InChI is InChI=1S/C19H18O2/c20-18-9-5-4-8-17(18)14-10-12-16(13-11-14)19(21)15-6-2-1-3-7-15/h1-3,6-7,10-13,17H,4-5,8-9H2/t17-/m1/s1. The molecule has 2 heteroatoms. The molecule has 1 saturated carbocycles. The van der Waals surface area contributed by atoms with Gasteiger partial charge in [-0.25, -0.2) is 0 Å². The predicted molar refractivity (Wildman–Crippen MR) is 82.5 cm³/mol. The van der Waals surface area contributed by atoms with Crippen LogP contribution in [0.25, 0.3) is 0 Å². The van der Waals surface area contributed by atoms with Crippen molar-refractivity contribution in [2.24, 2.45) is 0 Å². The van der Waals surface area contributed by atoms with Crippen LogP contribution in [0.1, 0.15) is 53.1 Å². The van der Waals surface area contributed by atoms with Crippen molar-refractivity contribution in [3.63, 3.8) is 0 Å². The SMILES string of the molecule is O=C(c1ccccc1)c1ccc([C@H]2CCCCC2=O)cc1. The Morgan fingerprint density at radius 1 is 0.857 bits per heavy atom. The van der Waals surface area contributed by atoms with Crippen LogP contribution in [-0.2, 0) is 4.79 Å². The van der Waals surface area contributed by atoms with E-state index in [1.54, 1.807) is 0 Å². The fourth-order valence-electron chi connectivity index (χ4n) is 2.96. The molecule has 0 amide bonds. The highest BCUT2D eigenvalue weighted by molar-refractivity contribution is 6.09. The van der Waals surface area contributed by atoms with E-state index in [2.05, 4.69) is 0 Å². The van der Waals surface area contributed by atoms with Crippen LogP contribution in [-0.4, -0.2) is 11.6 Å². The summed E-state index contributed by atoms with van der Waals surface area (Å²) in [6.07, 6.45) is 3.75. The lowest BCUT2D eigenvalue weighted by Gasteiger charge is -2.20. The Balaban J connectivity index is 1.81. The van der Waals surface area contributed by atoms with Gasteiger partial charge in [-0.3, -0.25) is 9.59 Å². The summed E-state index contributed by atoms with van der Waals surface area (Å²) in [5, 5.41) is 0. The minimum absolute atomic E-state index is 0.0251. The number of Topliss-reactive ketones (excluding diaryl/α,β-unsaturated/α-hetero) is 1. The topological polar surface area (TPSA) is 34.1 Å². The maximum Gasteiger partial charge on any atom is 0.193 e. The lowest BCUT2D eigenvalue weighted by molar-refractivity contribution is -0.121. The first-order valence-electron chi connectivity index (χ1n) is 7.48. The lowest BCUT2D eigenvalue weighted by Crippen LogP contribution is -2.17. The van der Waals surface area contributed by atoms with E-state index in [1.807, 2.05) is 54.6 Å². The number of rotatable bonds is 3. The minimum atomic E-state index is 0.0251. The molecule has 1 fully saturated rings. The van der Waals surface area contributed by atoms with Crippen molar-refractivity contribution in [3.05, 3.63) is 71.3 Å². The second-order valence-corrected chi connectivity index (χ2v) is 5.58. The van der Waals surface area contributed by atoms with Gasteiger partial charge in [0.25, 0.3) is 0 Å². The molecule has 2 nitrogen and oxygen atoms in total. The van der Waals surface area contributed by atoms with E-state index in [1.165, 1.54) is 0 Å². The zero-order valence-corrected chi connectivity index (χ0v) is 11.9. The molecule has 2 aromatic rings. The molecule has 0 aromatic heterocycles. The molecule has 1 aliphatic rings. The Labute approximate surface area is 124 Å². The van der Waals surface area contributed by atoms with Crippen LogP contribution in [0, 0.1) is 0 Å². The van der Waals surface area contributed by atoms with Crippen molar-refractivity contribution in [2.45, 2.75) is 31.6 Å². The largest absolute Gasteiger partial charge is 0.299 e. The zero-order chi connectivity index (χ0) is 14.7. The van der Waals surface area contributed by atoms with Crippen LogP contribution < -0.4 is 0 Å². The van der Waals surface area contributed by atoms with Crippen LogP contribution >= 0.6 is 0 Å². The van der Waals surface area contributed by atoms with E-state index in [9.17, 15) is 9.59 Å². The van der Waals surface area contributed by atoms with Crippen molar-refractivity contribution in [1.29, 1.82) is 0 Å². The highest BCUT2D eigenvalue weighted by Crippen LogP contribution is 2.30. The molecule has 2 aromatic carbocycles. The number of carbonyl (C=O) groups excluding carboxylic acids is 2. The molecule has 1 atom stereocenters. The van der Waals surface area contributed by atoms with Gasteiger partial charge in [0.2, 0.25) is 0 Å². The van der Waals surface area contributed by atoms with E-state index in [0.717, 1.165) is 24.8 Å². The molecule has 21 heavy (non-hydrogen) atoms. The van der Waals surface area contributed by atoms with Crippen molar-refractivity contribution in [3.8, 4) is 0 Å². The highest BCUT2D eigenvalue weighted by atomic mass is 16.1. The molecule has 0 bridgehead atoms. The van der Waals surface area contributed by atoms with Gasteiger partial charge in [-0.05, 0) is 18.4 Å². The summed E-state index contributed by atoms with van der Waals surface area (Å²) in [5.74, 6) is 0.389. The van der Waals surface area contributed by atoms with Crippen LogP contribution in [0.4, 0.5) is 0 Å². The predicted octanol–water partition coefficient (Wildman–Crippen LogP) is 4.14. The van der Waals surface area contributed by atoms with E-state index in [4.69, 9.17) is 0 Å². The van der Waals surface area contributed by atoms with Crippen LogP contribution in [0.2, 0.25) is 0 Å².